The molecule has 0 saturated heterocycles. The first kappa shape index (κ1) is 26.5. The number of aromatic nitrogens is 1. The van der Waals surface area contributed by atoms with Crippen molar-refractivity contribution in [1.29, 1.82) is 0 Å². The molecular formula is C30H25F3N2O3S. The van der Waals surface area contributed by atoms with E-state index in [1.54, 1.807) is 43.3 Å². The minimum Gasteiger partial charge on any atom is -0.366 e. The van der Waals surface area contributed by atoms with Crippen molar-refractivity contribution in [1.82, 2.24) is 4.57 Å². The summed E-state index contributed by atoms with van der Waals surface area (Å²) in [5, 5.41) is 0.839. The maximum absolute atomic E-state index is 13.7. The summed E-state index contributed by atoms with van der Waals surface area (Å²) in [6, 6.07) is 22.8. The van der Waals surface area contributed by atoms with Crippen LogP contribution in [0.25, 0.3) is 21.8 Å². The van der Waals surface area contributed by atoms with Crippen LogP contribution in [0, 0.1) is 0 Å². The Balaban J connectivity index is 1.77. The molecule has 0 aliphatic rings. The first-order chi connectivity index (χ1) is 18.5. The van der Waals surface area contributed by atoms with Crippen LogP contribution in [0.5, 0.6) is 0 Å². The maximum atomic E-state index is 13.7. The van der Waals surface area contributed by atoms with E-state index in [-0.39, 0.29) is 22.8 Å². The van der Waals surface area contributed by atoms with Gasteiger partial charge in [0.05, 0.1) is 21.7 Å². The van der Waals surface area contributed by atoms with Crippen molar-refractivity contribution in [3.05, 3.63) is 113 Å². The maximum Gasteiger partial charge on any atom is 0.416 e. The molecule has 0 fully saturated rings. The van der Waals surface area contributed by atoms with E-state index in [2.05, 4.69) is 0 Å². The van der Waals surface area contributed by atoms with Crippen LogP contribution in [-0.4, -0.2) is 24.6 Å². The van der Waals surface area contributed by atoms with Gasteiger partial charge in [-0.15, -0.1) is 0 Å². The van der Waals surface area contributed by atoms with Crippen LogP contribution in [0.3, 0.4) is 0 Å². The van der Waals surface area contributed by atoms with Gasteiger partial charge >= 0.3 is 6.18 Å². The first-order valence-corrected chi connectivity index (χ1v) is 13.9. The number of amides is 1. The number of fused-ring (bicyclic) bond motifs is 3. The van der Waals surface area contributed by atoms with E-state index in [0.717, 1.165) is 28.8 Å². The quantitative estimate of drug-likeness (QED) is 0.257. The van der Waals surface area contributed by atoms with E-state index >= 15 is 0 Å². The number of benzene rings is 4. The van der Waals surface area contributed by atoms with Crippen molar-refractivity contribution in [2.75, 3.05) is 5.75 Å². The minimum atomic E-state index is -4.54. The van der Waals surface area contributed by atoms with Crippen molar-refractivity contribution in [2.45, 2.75) is 31.0 Å². The van der Waals surface area contributed by atoms with Crippen LogP contribution < -0.4 is 5.73 Å². The van der Waals surface area contributed by atoms with E-state index in [4.69, 9.17) is 5.73 Å². The molecule has 0 aliphatic carbocycles. The van der Waals surface area contributed by atoms with E-state index in [1.807, 2.05) is 34.9 Å². The standard InChI is InChI=1S/C30H25F3N2O3S/c1-2-39(37,38)24-11-8-20(9-12-24)18-35-27-13-10-23(30(31,32)33)17-25(27)26-16-22(29(34)36)15-21(28(26)35)14-19-6-4-3-5-7-19/h3-13,15-17H,2,14,18H2,1H3,(H2,34,36). The molecule has 200 valence electrons. The van der Waals surface area contributed by atoms with Crippen molar-refractivity contribution in [3.8, 4) is 0 Å². The molecule has 5 rings (SSSR count). The van der Waals surface area contributed by atoms with E-state index in [9.17, 15) is 26.4 Å². The van der Waals surface area contributed by atoms with Crippen LogP contribution in [0.2, 0.25) is 0 Å². The van der Waals surface area contributed by atoms with Gasteiger partial charge in [-0.1, -0.05) is 49.4 Å². The highest BCUT2D eigenvalue weighted by Crippen LogP contribution is 2.38. The van der Waals surface area contributed by atoms with Gasteiger partial charge in [0.1, 0.15) is 0 Å². The second-order valence-corrected chi connectivity index (χ2v) is 11.7. The summed E-state index contributed by atoms with van der Waals surface area (Å²) in [4.78, 5) is 12.4. The number of alkyl halides is 3. The Morgan fingerprint density at radius 1 is 0.872 bits per heavy atom. The molecule has 0 atom stereocenters. The second kappa shape index (κ2) is 9.89. The van der Waals surface area contributed by atoms with Gasteiger partial charge in [-0.2, -0.15) is 13.2 Å². The number of nitrogens with zero attached hydrogens (tertiary/aromatic N) is 1. The lowest BCUT2D eigenvalue weighted by Gasteiger charge is -2.13. The SMILES string of the molecule is CCS(=O)(=O)c1ccc(Cn2c3ccc(C(F)(F)F)cc3c3cc(C(N)=O)cc(Cc4ccccc4)c32)cc1. The van der Waals surface area contributed by atoms with Gasteiger partial charge in [0, 0.05) is 28.4 Å². The number of rotatable bonds is 7. The largest absolute Gasteiger partial charge is 0.416 e. The molecule has 1 aromatic heterocycles. The Morgan fingerprint density at radius 3 is 2.18 bits per heavy atom. The molecule has 1 heterocycles. The molecule has 0 bridgehead atoms. The molecule has 5 aromatic rings. The number of nitrogens with two attached hydrogens (primary N) is 1. The topological polar surface area (TPSA) is 82.2 Å². The summed E-state index contributed by atoms with van der Waals surface area (Å²) < 4.78 is 67.5. The minimum absolute atomic E-state index is 0.0220. The second-order valence-electron chi connectivity index (χ2n) is 9.42. The van der Waals surface area contributed by atoms with Gasteiger partial charge in [0.15, 0.2) is 9.84 Å². The zero-order chi connectivity index (χ0) is 27.9. The highest BCUT2D eigenvalue weighted by Gasteiger charge is 2.31. The fourth-order valence-corrected chi connectivity index (χ4v) is 5.80. The first-order valence-electron chi connectivity index (χ1n) is 12.3. The molecule has 5 nitrogen and oxygen atoms in total. The number of halogens is 3. The van der Waals surface area contributed by atoms with Crippen LogP contribution >= 0.6 is 0 Å². The monoisotopic (exact) mass is 550 g/mol. The smallest absolute Gasteiger partial charge is 0.366 e. The van der Waals surface area contributed by atoms with E-state index in [1.165, 1.54) is 6.07 Å². The van der Waals surface area contributed by atoms with E-state index in [0.29, 0.717) is 28.2 Å². The molecule has 2 N–H and O–H groups in total. The number of primary amides is 1. The molecular weight excluding hydrogens is 525 g/mol. The highest BCUT2D eigenvalue weighted by atomic mass is 32.2. The summed E-state index contributed by atoms with van der Waals surface area (Å²) in [5.74, 6) is -0.696. The van der Waals surface area contributed by atoms with Gasteiger partial charge in [0.25, 0.3) is 0 Å². The lowest BCUT2D eigenvalue weighted by Crippen LogP contribution is -2.12. The van der Waals surface area contributed by atoms with Crippen LogP contribution in [0.4, 0.5) is 13.2 Å². The lowest BCUT2D eigenvalue weighted by molar-refractivity contribution is -0.137. The molecule has 1 amide bonds. The Morgan fingerprint density at radius 2 is 1.56 bits per heavy atom. The number of carbonyl (C=O) groups is 1. The molecule has 0 saturated carbocycles. The van der Waals surface area contributed by atoms with Gasteiger partial charge in [-0.3, -0.25) is 4.79 Å². The summed E-state index contributed by atoms with van der Waals surface area (Å²) in [6.07, 6.45) is -4.12. The third-order valence-electron chi connectivity index (χ3n) is 6.89. The summed E-state index contributed by atoms with van der Waals surface area (Å²) >= 11 is 0. The van der Waals surface area contributed by atoms with Gasteiger partial charge in [-0.05, 0) is 65.6 Å². The van der Waals surface area contributed by atoms with E-state index < -0.39 is 27.5 Å². The number of carbonyl (C=O) groups excluding carboxylic acids is 1. The summed E-state index contributed by atoms with van der Waals surface area (Å²) in [7, 11) is -3.38. The predicted octanol–water partition coefficient (Wildman–Crippen LogP) is 6.34. The van der Waals surface area contributed by atoms with Gasteiger partial charge < -0.3 is 10.3 Å². The normalized spacial score (nSPS) is 12.3. The molecule has 39 heavy (non-hydrogen) atoms. The molecule has 0 spiro atoms. The third kappa shape index (κ3) is 5.14. The lowest BCUT2D eigenvalue weighted by atomic mass is 9.98. The number of hydrogen-bond acceptors (Lipinski definition) is 3. The Kier molecular flexibility index (Phi) is 6.72. The zero-order valence-electron chi connectivity index (χ0n) is 21.0. The molecule has 0 unspecified atom stereocenters. The molecule has 0 aliphatic heterocycles. The molecule has 4 aromatic carbocycles. The van der Waals surface area contributed by atoms with Gasteiger partial charge in [0.2, 0.25) is 5.91 Å². The predicted molar refractivity (Wildman–Crippen MR) is 145 cm³/mol. The highest BCUT2D eigenvalue weighted by molar-refractivity contribution is 7.91. The molecule has 0 radical (unpaired) electrons. The van der Waals surface area contributed by atoms with Crippen LogP contribution in [-0.2, 0) is 29.0 Å². The average molecular weight is 551 g/mol. The van der Waals surface area contributed by atoms with Crippen molar-refractivity contribution in [2.24, 2.45) is 5.73 Å². The zero-order valence-corrected chi connectivity index (χ0v) is 21.8. The van der Waals surface area contributed by atoms with Crippen LogP contribution in [0.15, 0.2) is 89.8 Å². The summed E-state index contributed by atoms with van der Waals surface area (Å²) in [5.41, 5.74) is 8.75. The average Bonchev–Trinajstić information content (AvgIpc) is 3.22. The Hall–Kier alpha value is -4.11. The number of hydrogen-bond donors (Lipinski definition) is 1. The van der Waals surface area contributed by atoms with Crippen molar-refractivity contribution in [3.63, 3.8) is 0 Å². The summed E-state index contributed by atoms with van der Waals surface area (Å²) in [6.45, 7) is 1.85. The Bertz CT molecular complexity index is 1810. The van der Waals surface area contributed by atoms with Crippen molar-refractivity contribution < 1.29 is 26.4 Å². The molecule has 9 heteroatoms. The number of sulfone groups is 1. The van der Waals surface area contributed by atoms with Crippen molar-refractivity contribution >= 4 is 37.6 Å². The van der Waals surface area contributed by atoms with Gasteiger partial charge in [-0.25, -0.2) is 8.42 Å². The Labute approximate surface area is 223 Å². The fourth-order valence-electron chi connectivity index (χ4n) is 4.91. The van der Waals surface area contributed by atoms with Crippen LogP contribution in [0.1, 0.15) is 39.5 Å². The third-order valence-corrected chi connectivity index (χ3v) is 8.64. The fraction of sp³-hybridized carbons (Fsp3) is 0.167.